The highest BCUT2D eigenvalue weighted by Crippen LogP contribution is 2.27. The van der Waals surface area contributed by atoms with Gasteiger partial charge in [-0.3, -0.25) is 14.9 Å². The Morgan fingerprint density at radius 1 is 1.31 bits per heavy atom. The molecule has 0 spiro atoms. The summed E-state index contributed by atoms with van der Waals surface area (Å²) < 4.78 is 15.4. The summed E-state index contributed by atoms with van der Waals surface area (Å²) in [5.74, 6) is -1.09. The summed E-state index contributed by atoms with van der Waals surface area (Å²) in [5, 5.41) is 2.35. The Kier molecular flexibility index (Phi) is 5.20. The Bertz CT molecular complexity index is 734. The third-order valence-corrected chi connectivity index (χ3v) is 4.50. The number of fused-ring (bicyclic) bond motifs is 1. The van der Waals surface area contributed by atoms with Crippen LogP contribution in [-0.2, 0) is 28.6 Å². The first-order valence-electron chi connectivity index (χ1n) is 8.31. The van der Waals surface area contributed by atoms with E-state index >= 15 is 0 Å². The number of hydrogen-bond donors (Lipinski definition) is 1. The molecule has 1 aliphatic heterocycles. The number of ether oxygens (including phenoxy) is 3. The number of ketones is 2. The number of rotatable bonds is 4. The summed E-state index contributed by atoms with van der Waals surface area (Å²) in [5.41, 5.74) is -0.0136. The molecule has 1 fully saturated rings. The van der Waals surface area contributed by atoms with Gasteiger partial charge in [0.05, 0.1) is 19.4 Å². The molecule has 0 aromatic carbocycles. The maximum Gasteiger partial charge on any atom is 0.411 e. The fraction of sp³-hybridized carbons (Fsp3) is 0.444. The predicted molar refractivity (Wildman–Crippen MR) is 87.5 cm³/mol. The summed E-state index contributed by atoms with van der Waals surface area (Å²) in [6.07, 6.45) is 6.07. The molecule has 26 heavy (non-hydrogen) atoms. The molecular weight excluding hydrogens is 342 g/mol. The number of alkyl carbamates (subject to hydrolysis) is 1. The number of amides is 1. The van der Waals surface area contributed by atoms with Crippen LogP contribution in [0.2, 0.25) is 0 Å². The van der Waals surface area contributed by atoms with Crippen molar-refractivity contribution in [1.29, 1.82) is 0 Å². The molecule has 1 N–H and O–H groups in total. The maximum absolute atomic E-state index is 12.0. The molecule has 0 radical (unpaired) electrons. The summed E-state index contributed by atoms with van der Waals surface area (Å²) in [4.78, 5) is 46.9. The van der Waals surface area contributed by atoms with Gasteiger partial charge in [0.25, 0.3) is 0 Å². The smallest absolute Gasteiger partial charge is 0.411 e. The van der Waals surface area contributed by atoms with Crippen LogP contribution in [0.5, 0.6) is 0 Å². The Labute approximate surface area is 149 Å². The average molecular weight is 361 g/mol. The lowest BCUT2D eigenvalue weighted by molar-refractivity contribution is -0.145. The van der Waals surface area contributed by atoms with E-state index in [2.05, 4.69) is 5.32 Å². The van der Waals surface area contributed by atoms with Gasteiger partial charge in [-0.25, -0.2) is 9.59 Å². The summed E-state index contributed by atoms with van der Waals surface area (Å²) >= 11 is 0. The minimum absolute atomic E-state index is 0.0136. The molecule has 3 atom stereocenters. The predicted octanol–water partition coefficient (Wildman–Crippen LogP) is 1.18. The Morgan fingerprint density at radius 3 is 2.85 bits per heavy atom. The highest BCUT2D eigenvalue weighted by molar-refractivity contribution is 6.02. The van der Waals surface area contributed by atoms with E-state index in [4.69, 9.17) is 14.2 Å². The van der Waals surface area contributed by atoms with Gasteiger partial charge in [0.2, 0.25) is 0 Å². The van der Waals surface area contributed by atoms with Crippen LogP contribution in [0.25, 0.3) is 0 Å². The second-order valence-corrected chi connectivity index (χ2v) is 6.30. The van der Waals surface area contributed by atoms with Crippen LogP contribution in [0.15, 0.2) is 35.8 Å². The highest BCUT2D eigenvalue weighted by Gasteiger charge is 2.32. The second-order valence-electron chi connectivity index (χ2n) is 6.30. The first kappa shape index (κ1) is 17.9. The summed E-state index contributed by atoms with van der Waals surface area (Å²) in [6, 6.07) is 0. The van der Waals surface area contributed by atoms with Crippen molar-refractivity contribution in [2.45, 2.75) is 25.4 Å². The monoisotopic (exact) mass is 361 g/mol. The Balaban J connectivity index is 1.54. The Hall–Kier alpha value is -2.90. The van der Waals surface area contributed by atoms with Crippen LogP contribution in [0.3, 0.4) is 0 Å². The van der Waals surface area contributed by atoms with Gasteiger partial charge < -0.3 is 14.2 Å². The highest BCUT2D eigenvalue weighted by atomic mass is 16.6. The lowest BCUT2D eigenvalue weighted by Crippen LogP contribution is -2.38. The fourth-order valence-corrected chi connectivity index (χ4v) is 3.01. The van der Waals surface area contributed by atoms with Crippen molar-refractivity contribution < 1.29 is 33.4 Å². The van der Waals surface area contributed by atoms with Crippen LogP contribution in [0.4, 0.5) is 4.79 Å². The van der Waals surface area contributed by atoms with E-state index in [1.54, 1.807) is 24.3 Å². The molecule has 0 aromatic rings. The zero-order chi connectivity index (χ0) is 18.7. The largest absolute Gasteiger partial charge is 0.497 e. The second kappa shape index (κ2) is 7.55. The topological polar surface area (TPSA) is 108 Å². The molecule has 138 valence electrons. The van der Waals surface area contributed by atoms with Crippen molar-refractivity contribution in [3.63, 3.8) is 0 Å². The SMILES string of the molecule is COC1=CC2OC(=O)C(NC(=O)OCC3CCC(=O)CC3=O)=CC2C=C1. The molecule has 0 saturated heterocycles. The van der Waals surface area contributed by atoms with Gasteiger partial charge >= 0.3 is 12.1 Å². The van der Waals surface area contributed by atoms with E-state index in [-0.39, 0.29) is 36.2 Å². The molecule has 3 unspecified atom stereocenters. The van der Waals surface area contributed by atoms with Crippen molar-refractivity contribution in [2.75, 3.05) is 13.7 Å². The number of methoxy groups -OCH3 is 1. The average Bonchev–Trinajstić information content (AvgIpc) is 2.61. The number of carbonyl (C=O) groups is 4. The van der Waals surface area contributed by atoms with Crippen molar-refractivity contribution in [1.82, 2.24) is 5.32 Å². The quantitative estimate of drug-likeness (QED) is 0.591. The van der Waals surface area contributed by atoms with Gasteiger partial charge in [0, 0.05) is 12.3 Å². The molecular formula is C18H19NO7. The molecule has 0 bridgehead atoms. The maximum atomic E-state index is 12.0. The van der Waals surface area contributed by atoms with Gasteiger partial charge in [-0.15, -0.1) is 0 Å². The zero-order valence-electron chi connectivity index (χ0n) is 14.2. The van der Waals surface area contributed by atoms with Crippen LogP contribution in [0.1, 0.15) is 19.3 Å². The molecule has 1 amide bonds. The first-order valence-corrected chi connectivity index (χ1v) is 8.31. The van der Waals surface area contributed by atoms with Gasteiger partial charge in [-0.05, 0) is 24.6 Å². The first-order chi connectivity index (χ1) is 12.5. The third-order valence-electron chi connectivity index (χ3n) is 4.50. The summed E-state index contributed by atoms with van der Waals surface area (Å²) in [6.45, 7) is -0.119. The van der Waals surface area contributed by atoms with Crippen molar-refractivity contribution in [2.24, 2.45) is 11.8 Å². The van der Waals surface area contributed by atoms with E-state index in [1.165, 1.54) is 7.11 Å². The standard InChI is InChI=1S/C18H19NO7/c1-24-13-5-3-10-6-14(17(22)26-16(10)8-13)19-18(23)25-9-11-2-4-12(20)7-15(11)21/h3,5-6,8,10-11,16H,2,4,7,9H2,1H3,(H,19,23). The van der Waals surface area contributed by atoms with Gasteiger partial charge in [-0.1, -0.05) is 6.08 Å². The lowest BCUT2D eigenvalue weighted by atomic mass is 9.88. The van der Waals surface area contributed by atoms with Gasteiger partial charge in [0.15, 0.2) is 0 Å². The molecule has 3 rings (SSSR count). The minimum Gasteiger partial charge on any atom is -0.497 e. The van der Waals surface area contributed by atoms with Crippen molar-refractivity contribution in [3.05, 3.63) is 35.8 Å². The van der Waals surface area contributed by atoms with Gasteiger partial charge in [0.1, 0.15) is 35.7 Å². The zero-order valence-corrected chi connectivity index (χ0v) is 14.2. The van der Waals surface area contributed by atoms with Crippen LogP contribution in [0, 0.1) is 11.8 Å². The van der Waals surface area contributed by atoms with Crippen molar-refractivity contribution in [3.8, 4) is 0 Å². The summed E-state index contributed by atoms with van der Waals surface area (Å²) in [7, 11) is 1.52. The van der Waals surface area contributed by atoms with E-state index < -0.39 is 24.1 Å². The van der Waals surface area contributed by atoms with Crippen LogP contribution >= 0.6 is 0 Å². The molecule has 1 heterocycles. The van der Waals surface area contributed by atoms with E-state index in [9.17, 15) is 19.2 Å². The number of hydrogen-bond acceptors (Lipinski definition) is 7. The number of Topliss-reactive ketones (excluding diaryl/α,β-unsaturated/α-hetero) is 2. The van der Waals surface area contributed by atoms with Crippen LogP contribution < -0.4 is 5.32 Å². The number of nitrogens with one attached hydrogen (secondary N) is 1. The van der Waals surface area contributed by atoms with E-state index in [0.717, 1.165) is 0 Å². The number of allylic oxidation sites excluding steroid dienone is 1. The molecule has 8 nitrogen and oxygen atoms in total. The van der Waals surface area contributed by atoms with Crippen LogP contribution in [-0.4, -0.2) is 43.4 Å². The normalized spacial score (nSPS) is 27.7. The van der Waals surface area contributed by atoms with Gasteiger partial charge in [-0.2, -0.15) is 0 Å². The molecule has 3 aliphatic rings. The fourth-order valence-electron chi connectivity index (χ4n) is 3.01. The molecule has 2 aliphatic carbocycles. The number of esters is 1. The third kappa shape index (κ3) is 4.01. The van der Waals surface area contributed by atoms with Crippen molar-refractivity contribution >= 4 is 23.6 Å². The lowest BCUT2D eigenvalue weighted by Gasteiger charge is -2.28. The minimum atomic E-state index is -0.843. The number of carbonyl (C=O) groups excluding carboxylic acids is 4. The van der Waals surface area contributed by atoms with E-state index in [1.807, 2.05) is 0 Å². The van der Waals surface area contributed by atoms with E-state index in [0.29, 0.717) is 18.6 Å². The molecule has 1 saturated carbocycles. The molecule has 8 heteroatoms. The Morgan fingerprint density at radius 2 is 2.12 bits per heavy atom. The molecule has 0 aromatic heterocycles.